The fraction of sp³-hybridized carbons (Fsp3) is 1.00. The number of hydrogen-bond donors (Lipinski definition) is 2. The Morgan fingerprint density at radius 3 is 2.61 bits per heavy atom. The van der Waals surface area contributed by atoms with Crippen LogP contribution in [0.5, 0.6) is 0 Å². The minimum Gasteiger partial charge on any atom is -0.318 e. The van der Waals surface area contributed by atoms with E-state index in [1.54, 1.807) is 14.0 Å². The third-order valence-corrected chi connectivity index (χ3v) is 5.32. The van der Waals surface area contributed by atoms with Gasteiger partial charge in [-0.25, -0.2) is 13.1 Å². The van der Waals surface area contributed by atoms with Crippen LogP contribution in [-0.4, -0.2) is 83.4 Å². The van der Waals surface area contributed by atoms with E-state index in [4.69, 9.17) is 0 Å². The molecule has 108 valence electrons. The standard InChI is InChI=1S/C11H26N4O2S/c1-10(7-12-2)18(16,17)13-8-11-9-14(3)5-6-15(11)4/h10-13H,5-9H2,1-4H3. The van der Waals surface area contributed by atoms with Crippen LogP contribution < -0.4 is 10.0 Å². The first-order valence-corrected chi connectivity index (χ1v) is 7.93. The van der Waals surface area contributed by atoms with Gasteiger partial charge in [-0.2, -0.15) is 0 Å². The lowest BCUT2D eigenvalue weighted by atomic mass is 10.2. The zero-order valence-electron chi connectivity index (χ0n) is 11.8. The Morgan fingerprint density at radius 2 is 2.00 bits per heavy atom. The minimum absolute atomic E-state index is 0.250. The SMILES string of the molecule is CNCC(C)S(=O)(=O)NCC1CN(C)CCN1C. The fourth-order valence-electron chi connectivity index (χ4n) is 2.07. The van der Waals surface area contributed by atoms with E-state index in [2.05, 4.69) is 26.9 Å². The van der Waals surface area contributed by atoms with Gasteiger partial charge >= 0.3 is 0 Å². The van der Waals surface area contributed by atoms with Crippen LogP contribution in [0.1, 0.15) is 6.92 Å². The van der Waals surface area contributed by atoms with Crippen molar-refractivity contribution < 1.29 is 8.42 Å². The van der Waals surface area contributed by atoms with Crippen LogP contribution >= 0.6 is 0 Å². The monoisotopic (exact) mass is 278 g/mol. The lowest BCUT2D eigenvalue weighted by Crippen LogP contribution is -2.55. The van der Waals surface area contributed by atoms with Crippen molar-refractivity contribution in [2.24, 2.45) is 0 Å². The van der Waals surface area contributed by atoms with Crippen molar-refractivity contribution in [2.45, 2.75) is 18.2 Å². The maximum atomic E-state index is 12.0. The second kappa shape index (κ2) is 6.81. The van der Waals surface area contributed by atoms with Crippen molar-refractivity contribution in [3.8, 4) is 0 Å². The topological polar surface area (TPSA) is 64.7 Å². The molecule has 2 unspecified atom stereocenters. The molecule has 1 aliphatic rings. The highest BCUT2D eigenvalue weighted by Crippen LogP contribution is 2.06. The van der Waals surface area contributed by atoms with Crippen LogP contribution in [0.15, 0.2) is 0 Å². The summed E-state index contributed by atoms with van der Waals surface area (Å²) in [6.45, 7) is 5.59. The Hall–Kier alpha value is -0.210. The summed E-state index contributed by atoms with van der Waals surface area (Å²) < 4.78 is 26.7. The molecule has 2 N–H and O–H groups in total. The summed E-state index contributed by atoms with van der Waals surface area (Å²) in [6, 6.07) is 0.250. The van der Waals surface area contributed by atoms with E-state index in [0.717, 1.165) is 19.6 Å². The average Bonchev–Trinajstić information content (AvgIpc) is 2.31. The first kappa shape index (κ1) is 15.8. The van der Waals surface area contributed by atoms with Gasteiger partial charge in [-0.3, -0.25) is 4.90 Å². The predicted molar refractivity (Wildman–Crippen MR) is 74.2 cm³/mol. The zero-order valence-corrected chi connectivity index (χ0v) is 12.6. The molecule has 0 aromatic carbocycles. The zero-order chi connectivity index (χ0) is 13.8. The summed E-state index contributed by atoms with van der Waals surface area (Å²) in [7, 11) is 2.65. The van der Waals surface area contributed by atoms with E-state index in [0.29, 0.717) is 13.1 Å². The molecule has 2 atom stereocenters. The molecule has 7 heteroatoms. The predicted octanol–water partition coefficient (Wildman–Crippen LogP) is -1.24. The van der Waals surface area contributed by atoms with Gasteiger partial charge in [-0.05, 0) is 28.1 Å². The Kier molecular flexibility index (Phi) is 6.00. The van der Waals surface area contributed by atoms with Gasteiger partial charge in [-0.1, -0.05) is 0 Å². The quantitative estimate of drug-likeness (QED) is 0.636. The van der Waals surface area contributed by atoms with Crippen LogP contribution in [0.4, 0.5) is 0 Å². The Bertz CT molecular complexity index is 347. The number of nitrogens with one attached hydrogen (secondary N) is 2. The first-order valence-electron chi connectivity index (χ1n) is 6.38. The molecule has 0 amide bonds. The number of sulfonamides is 1. The number of nitrogens with zero attached hydrogens (tertiary/aromatic N) is 2. The third kappa shape index (κ3) is 4.47. The minimum atomic E-state index is -3.22. The van der Waals surface area contributed by atoms with Crippen molar-refractivity contribution in [1.82, 2.24) is 19.8 Å². The summed E-state index contributed by atoms with van der Waals surface area (Å²) in [6.07, 6.45) is 0. The molecular formula is C11H26N4O2S. The molecule has 1 fully saturated rings. The molecule has 1 aliphatic heterocycles. The summed E-state index contributed by atoms with van der Waals surface area (Å²) in [4.78, 5) is 4.45. The van der Waals surface area contributed by atoms with Crippen molar-refractivity contribution in [1.29, 1.82) is 0 Å². The molecule has 0 aromatic rings. The second-order valence-corrected chi connectivity index (χ2v) is 7.34. The molecule has 6 nitrogen and oxygen atoms in total. The van der Waals surface area contributed by atoms with Crippen LogP contribution in [0.2, 0.25) is 0 Å². The Morgan fingerprint density at radius 1 is 1.33 bits per heavy atom. The van der Waals surface area contributed by atoms with Crippen LogP contribution in [-0.2, 0) is 10.0 Å². The van der Waals surface area contributed by atoms with Gasteiger partial charge in [0.2, 0.25) is 10.0 Å². The normalized spacial score (nSPS) is 25.2. The van der Waals surface area contributed by atoms with E-state index in [1.807, 2.05) is 7.05 Å². The van der Waals surface area contributed by atoms with Crippen LogP contribution in [0.25, 0.3) is 0 Å². The van der Waals surface area contributed by atoms with Gasteiger partial charge in [0.25, 0.3) is 0 Å². The van der Waals surface area contributed by atoms with Crippen molar-refractivity contribution in [3.63, 3.8) is 0 Å². The van der Waals surface area contributed by atoms with Gasteiger partial charge in [-0.15, -0.1) is 0 Å². The highest BCUT2D eigenvalue weighted by atomic mass is 32.2. The van der Waals surface area contributed by atoms with E-state index in [9.17, 15) is 8.42 Å². The number of likely N-dealkylation sites (N-methyl/N-ethyl adjacent to an activating group) is 2. The van der Waals surface area contributed by atoms with Gasteiger partial charge in [0.05, 0.1) is 5.25 Å². The second-order valence-electron chi connectivity index (χ2n) is 5.16. The smallest absolute Gasteiger partial charge is 0.215 e. The van der Waals surface area contributed by atoms with Gasteiger partial charge in [0, 0.05) is 38.8 Å². The highest BCUT2D eigenvalue weighted by Gasteiger charge is 2.25. The van der Waals surface area contributed by atoms with Crippen LogP contribution in [0.3, 0.4) is 0 Å². The van der Waals surface area contributed by atoms with Crippen molar-refractivity contribution in [2.75, 3.05) is 53.9 Å². The maximum absolute atomic E-state index is 12.0. The van der Waals surface area contributed by atoms with Crippen molar-refractivity contribution in [3.05, 3.63) is 0 Å². The molecule has 0 bridgehead atoms. The van der Waals surface area contributed by atoms with E-state index in [1.165, 1.54) is 0 Å². The summed E-state index contributed by atoms with van der Waals surface area (Å²) in [5, 5.41) is 2.48. The Labute approximate surface area is 111 Å². The summed E-state index contributed by atoms with van der Waals surface area (Å²) >= 11 is 0. The van der Waals surface area contributed by atoms with Crippen LogP contribution in [0, 0.1) is 0 Å². The molecule has 18 heavy (non-hydrogen) atoms. The average molecular weight is 278 g/mol. The number of rotatable bonds is 6. The molecule has 0 saturated carbocycles. The maximum Gasteiger partial charge on any atom is 0.215 e. The molecule has 1 saturated heterocycles. The fourth-order valence-corrected chi connectivity index (χ4v) is 3.17. The molecule has 0 aromatic heterocycles. The summed E-state index contributed by atoms with van der Waals surface area (Å²) in [5.41, 5.74) is 0. The molecule has 1 heterocycles. The third-order valence-electron chi connectivity index (χ3n) is 3.52. The number of hydrogen-bond acceptors (Lipinski definition) is 5. The lowest BCUT2D eigenvalue weighted by Gasteiger charge is -2.37. The molecule has 0 aliphatic carbocycles. The van der Waals surface area contributed by atoms with E-state index >= 15 is 0 Å². The Balaban J connectivity index is 2.48. The van der Waals surface area contributed by atoms with Crippen molar-refractivity contribution >= 4 is 10.0 Å². The van der Waals surface area contributed by atoms with E-state index in [-0.39, 0.29) is 6.04 Å². The number of piperazine rings is 1. The first-order chi connectivity index (χ1) is 8.36. The molecule has 0 radical (unpaired) electrons. The van der Waals surface area contributed by atoms with Gasteiger partial charge < -0.3 is 10.2 Å². The summed E-state index contributed by atoms with van der Waals surface area (Å²) in [5.74, 6) is 0. The molecule has 0 spiro atoms. The van der Waals surface area contributed by atoms with E-state index < -0.39 is 15.3 Å². The molecule has 1 rings (SSSR count). The van der Waals surface area contributed by atoms with Gasteiger partial charge in [0.1, 0.15) is 0 Å². The largest absolute Gasteiger partial charge is 0.318 e. The van der Waals surface area contributed by atoms with Gasteiger partial charge in [0.15, 0.2) is 0 Å². The molecular weight excluding hydrogens is 252 g/mol. The highest BCUT2D eigenvalue weighted by molar-refractivity contribution is 7.90. The lowest BCUT2D eigenvalue weighted by molar-refractivity contribution is 0.117.